The van der Waals surface area contributed by atoms with Crippen LogP contribution in [0.1, 0.15) is 86.5 Å². The Morgan fingerprint density at radius 1 is 0.691 bits per heavy atom. The summed E-state index contributed by atoms with van der Waals surface area (Å²) in [6.45, 7) is 6.21. The van der Waals surface area contributed by atoms with Crippen LogP contribution in [0.25, 0.3) is 0 Å². The summed E-state index contributed by atoms with van der Waals surface area (Å²) in [5.74, 6) is -4.97. The van der Waals surface area contributed by atoms with Crippen LogP contribution in [-0.4, -0.2) is 172 Å². The summed E-state index contributed by atoms with van der Waals surface area (Å²) >= 11 is 0. The molecule has 3 aliphatic heterocycles. The monoisotopic (exact) mass is 968 g/mol. The zero-order chi connectivity index (χ0) is 49.8. The lowest BCUT2D eigenvalue weighted by atomic mass is 9.83. The van der Waals surface area contributed by atoms with Crippen molar-refractivity contribution in [3.63, 3.8) is 0 Å². The first-order valence-electron chi connectivity index (χ1n) is 23.1. The molecule has 0 amide bonds. The highest BCUT2D eigenvalue weighted by Crippen LogP contribution is 2.38. The number of hydrogen-bond donors (Lipinski definition) is 13. The number of guanidine groups is 1. The van der Waals surface area contributed by atoms with Crippen molar-refractivity contribution in [2.45, 2.75) is 184 Å². The molecule has 2 fully saturated rings. The predicted octanol–water partition coefficient (Wildman–Crippen LogP) is 0.570. The lowest BCUT2D eigenvalue weighted by molar-refractivity contribution is -0.312. The van der Waals surface area contributed by atoms with Crippen LogP contribution in [-0.2, 0) is 23.7 Å². The minimum absolute atomic E-state index is 0. The third kappa shape index (κ3) is 20.4. The number of hydrogen-bond acceptors (Lipinski definition) is 17. The van der Waals surface area contributed by atoms with E-state index in [1.54, 1.807) is 69.4 Å². The van der Waals surface area contributed by atoms with Crippen molar-refractivity contribution in [3.8, 4) is 0 Å². The molecule has 3 rings (SSSR count). The number of nitrogens with zero attached hydrogens (tertiary/aromatic N) is 1. The van der Waals surface area contributed by atoms with E-state index in [2.05, 4.69) is 4.99 Å². The average molecular weight is 968 g/mol. The highest BCUT2D eigenvalue weighted by molar-refractivity contribution is 5.76. The fourth-order valence-electron chi connectivity index (χ4n) is 8.22. The van der Waals surface area contributed by atoms with Gasteiger partial charge in [0.25, 0.3) is 0 Å². The number of allylic oxidation sites excluding steroid dienone is 12. The van der Waals surface area contributed by atoms with Gasteiger partial charge < -0.3 is 86.6 Å². The van der Waals surface area contributed by atoms with Crippen LogP contribution in [0, 0.1) is 17.8 Å². The molecule has 3 aliphatic rings. The zero-order valence-electron chi connectivity index (χ0n) is 38.9. The van der Waals surface area contributed by atoms with Crippen LogP contribution in [0.3, 0.4) is 0 Å². The number of carbonyl (C=O) groups excluding carboxylic acids is 1. The maximum Gasteiger partial charge on any atom is 0.308 e. The van der Waals surface area contributed by atoms with E-state index in [-0.39, 0.29) is 45.0 Å². The van der Waals surface area contributed by atoms with E-state index in [1.165, 1.54) is 0 Å². The van der Waals surface area contributed by atoms with Crippen molar-refractivity contribution in [3.05, 3.63) is 85.1 Å². The first-order valence-corrected chi connectivity index (χ1v) is 23.1. The Morgan fingerprint density at radius 2 is 1.26 bits per heavy atom. The summed E-state index contributed by atoms with van der Waals surface area (Å²) in [5.41, 5.74) is 11.1. The Hall–Kier alpha value is -3.64. The van der Waals surface area contributed by atoms with Crippen LogP contribution < -0.4 is 11.5 Å². The van der Waals surface area contributed by atoms with E-state index in [1.807, 2.05) is 43.4 Å². The van der Waals surface area contributed by atoms with E-state index in [0.717, 1.165) is 0 Å². The first-order chi connectivity index (χ1) is 31.6. The second-order valence-electron chi connectivity index (χ2n) is 18.0. The molecule has 15 N–H and O–H groups in total. The zero-order valence-corrected chi connectivity index (χ0v) is 38.9. The number of aliphatic imine (C=N–C) groups is 1. The number of esters is 1. The molecular weight excluding hydrogens is 887 g/mol. The van der Waals surface area contributed by atoms with Gasteiger partial charge in [0.2, 0.25) is 0 Å². The summed E-state index contributed by atoms with van der Waals surface area (Å²) in [7, 11) is 0. The largest absolute Gasteiger partial charge is 0.462 e. The molecule has 388 valence electrons. The van der Waals surface area contributed by atoms with Gasteiger partial charge in [-0.3, -0.25) is 4.79 Å². The number of carbonyl (C=O) groups is 1. The van der Waals surface area contributed by atoms with Crippen molar-refractivity contribution in [2.24, 2.45) is 34.2 Å². The molecule has 19 atom stereocenters. The molecule has 0 aromatic carbocycles. The van der Waals surface area contributed by atoms with Gasteiger partial charge in [-0.1, -0.05) is 106 Å². The van der Waals surface area contributed by atoms with Gasteiger partial charge in [0, 0.05) is 43.4 Å². The van der Waals surface area contributed by atoms with Gasteiger partial charge in [0.05, 0.1) is 74.1 Å². The number of rotatable bonds is 4. The van der Waals surface area contributed by atoms with E-state index in [4.69, 9.17) is 30.4 Å². The number of nitrogens with two attached hydrogens (primary N) is 2. The molecule has 0 aromatic rings. The lowest BCUT2D eigenvalue weighted by Gasteiger charge is -2.46. The van der Waals surface area contributed by atoms with Crippen molar-refractivity contribution in [1.82, 2.24) is 0 Å². The molecular formula is C49H81N3O16. The fourth-order valence-corrected chi connectivity index (χ4v) is 8.22. The Labute approximate surface area is 400 Å². The number of fused-ring (bicyclic) bond motifs is 2. The second kappa shape index (κ2) is 30.2. The van der Waals surface area contributed by atoms with Crippen LogP contribution in [0.2, 0.25) is 0 Å². The van der Waals surface area contributed by atoms with E-state index >= 15 is 0 Å². The molecule has 3 heterocycles. The van der Waals surface area contributed by atoms with Crippen LogP contribution in [0.4, 0.5) is 0 Å². The number of cyclic esters (lactones) is 1. The van der Waals surface area contributed by atoms with E-state index in [0.29, 0.717) is 0 Å². The Kier molecular flexibility index (Phi) is 26.8. The van der Waals surface area contributed by atoms with Crippen LogP contribution in [0.15, 0.2) is 90.1 Å². The SMILES string of the molecule is C.C[C@@H]1[C@H](O)[C@@H](C)/C=C/C=C/C=C/C=C/C=C/C=C/C=C/[C@H](O[C@@H]2O[C@H](C)[C@@H](O)[C@H](N=C(N)N)[C@@H]2O)C[C@@H]2O[C@](O)(C[C@@H](O)C[C@@H](O)[C@H](O)CC[C@@H](O)C[C@@H](O)CC(=O)O[C@H]1C)C[C@H](O)[C@H]2CO. The van der Waals surface area contributed by atoms with Crippen molar-refractivity contribution in [1.29, 1.82) is 0 Å². The summed E-state index contributed by atoms with van der Waals surface area (Å²) < 4.78 is 23.6. The van der Waals surface area contributed by atoms with Gasteiger partial charge in [0.15, 0.2) is 18.0 Å². The minimum Gasteiger partial charge on any atom is -0.462 e. The fraction of sp³-hybridized carbons (Fsp3) is 0.673. The summed E-state index contributed by atoms with van der Waals surface area (Å²) in [6.07, 6.45) is 5.26. The molecule has 0 aromatic heterocycles. The number of aliphatic hydroxyl groups excluding tert-OH is 10. The molecule has 19 nitrogen and oxygen atoms in total. The smallest absolute Gasteiger partial charge is 0.308 e. The Balaban J connectivity index is 0.0000159. The predicted molar refractivity (Wildman–Crippen MR) is 255 cm³/mol. The van der Waals surface area contributed by atoms with Gasteiger partial charge in [-0.05, 0) is 33.1 Å². The van der Waals surface area contributed by atoms with Gasteiger partial charge in [-0.2, -0.15) is 0 Å². The molecule has 0 saturated carbocycles. The second-order valence-corrected chi connectivity index (χ2v) is 18.0. The van der Waals surface area contributed by atoms with Gasteiger partial charge in [-0.15, -0.1) is 0 Å². The first kappa shape index (κ1) is 60.5. The molecule has 0 spiro atoms. The third-order valence-electron chi connectivity index (χ3n) is 12.3. The Morgan fingerprint density at radius 3 is 1.84 bits per heavy atom. The minimum atomic E-state index is -2.19. The molecule has 0 aliphatic carbocycles. The molecule has 2 bridgehead atoms. The quantitative estimate of drug-likeness (QED) is 0.104. The topological polar surface area (TPSA) is 341 Å². The molecule has 0 radical (unpaired) electrons. The van der Waals surface area contributed by atoms with Gasteiger partial charge in [0.1, 0.15) is 24.4 Å². The normalized spacial score (nSPS) is 43.8. The van der Waals surface area contributed by atoms with Gasteiger partial charge in [-0.25, -0.2) is 4.99 Å². The van der Waals surface area contributed by atoms with Crippen molar-refractivity contribution in [2.75, 3.05) is 6.61 Å². The van der Waals surface area contributed by atoms with E-state index < -0.39 is 148 Å². The number of ether oxygens (including phenoxy) is 4. The summed E-state index contributed by atoms with van der Waals surface area (Å²) in [4.78, 5) is 16.6. The standard InChI is InChI=1S/C48H77N3O16.CH4/c1-28-17-15-13-11-9-7-5-6-8-10-12-14-16-18-35(66-46-45(62)42(51-47(49)50)44(61)31(4)65-46)24-40-36(27-52)39(58)26-48(63,67-40)25-34(55)22-38(57)37(56)20-19-32(53)21-33(54)23-41(59)64-30(3)29(2)43(28)60;/h5-18,28-40,42-46,52-58,60-63H,19-27H2,1-4H3,(H4,49,50,51);1H4/b6-5+,9-7+,10-8+,13-11+,14-12+,17-15+,18-16+;/t28-,29-,30-,31+,32+,33+,34-,35-,36+,37+,38+,39-,40-,42-,43+,44+,45-,46-,48+;/m0./s1. The van der Waals surface area contributed by atoms with Crippen LogP contribution >= 0.6 is 0 Å². The summed E-state index contributed by atoms with van der Waals surface area (Å²) in [5, 5.41) is 119. The van der Waals surface area contributed by atoms with Crippen molar-refractivity contribution >= 4 is 11.9 Å². The third-order valence-corrected chi connectivity index (χ3v) is 12.3. The Bertz CT molecular complexity index is 1720. The summed E-state index contributed by atoms with van der Waals surface area (Å²) in [6, 6.07) is -1.21. The molecule has 0 unspecified atom stereocenters. The molecule has 2 saturated heterocycles. The van der Waals surface area contributed by atoms with Crippen LogP contribution in [0.5, 0.6) is 0 Å². The van der Waals surface area contributed by atoms with Gasteiger partial charge >= 0.3 is 5.97 Å². The number of aliphatic hydroxyl groups is 11. The highest BCUT2D eigenvalue weighted by Gasteiger charge is 2.49. The maximum absolute atomic E-state index is 12.6. The average Bonchev–Trinajstić information content (AvgIpc) is 3.24. The maximum atomic E-state index is 12.6. The highest BCUT2D eigenvalue weighted by atomic mass is 16.7. The molecule has 68 heavy (non-hydrogen) atoms. The van der Waals surface area contributed by atoms with E-state index in [9.17, 15) is 61.0 Å². The van der Waals surface area contributed by atoms with Crippen molar-refractivity contribution < 1.29 is 79.9 Å². The lowest BCUT2D eigenvalue weighted by Crippen LogP contribution is -2.58. The molecule has 19 heteroatoms.